The number of aromatic carboxylic acids is 1. The molecule has 0 amide bonds. The Bertz CT molecular complexity index is 1010. The number of fused-ring (bicyclic) bond motifs is 1. The van der Waals surface area contributed by atoms with Gasteiger partial charge in [0.2, 0.25) is 0 Å². The average Bonchev–Trinajstić information content (AvgIpc) is 3.06. The second-order valence-electron chi connectivity index (χ2n) is 6.48. The minimum atomic E-state index is -0.964. The molecule has 1 fully saturated rings. The zero-order valence-corrected chi connectivity index (χ0v) is 17.0. The predicted molar refractivity (Wildman–Crippen MR) is 113 cm³/mol. The molecule has 27 heavy (non-hydrogen) atoms. The van der Waals surface area contributed by atoms with E-state index in [0.29, 0.717) is 10.5 Å². The molecule has 3 heterocycles. The number of pyridine rings is 1. The number of likely N-dealkylation sites (tertiary alicyclic amines) is 1. The molecule has 0 saturated carbocycles. The summed E-state index contributed by atoms with van der Waals surface area (Å²) in [5.41, 5.74) is 2.31. The number of benzene rings is 1. The van der Waals surface area contributed by atoms with Crippen LogP contribution in [0.3, 0.4) is 0 Å². The van der Waals surface area contributed by atoms with Crippen LogP contribution in [-0.4, -0.2) is 40.4 Å². The zero-order chi connectivity index (χ0) is 18.8. The average molecular weight is 444 g/mol. The smallest absolute Gasteiger partial charge is 0.348 e. The third kappa shape index (κ3) is 3.89. The molecular formula is C20H18BrN3O2S. The van der Waals surface area contributed by atoms with Crippen LogP contribution < -0.4 is 0 Å². The number of piperidine rings is 1. The Kier molecular flexibility index (Phi) is 5.22. The number of aliphatic imine (C=N–C) groups is 1. The largest absolute Gasteiger partial charge is 0.477 e. The van der Waals surface area contributed by atoms with Crippen LogP contribution in [0.15, 0.2) is 45.9 Å². The fourth-order valence-corrected chi connectivity index (χ4v) is 4.42. The van der Waals surface area contributed by atoms with Crippen LogP contribution in [0, 0.1) is 0 Å². The van der Waals surface area contributed by atoms with E-state index in [0.717, 1.165) is 47.0 Å². The Morgan fingerprint density at radius 3 is 2.59 bits per heavy atom. The van der Waals surface area contributed by atoms with Crippen LogP contribution in [0.1, 0.15) is 28.9 Å². The summed E-state index contributed by atoms with van der Waals surface area (Å²) >= 11 is 4.61. The van der Waals surface area contributed by atoms with E-state index in [1.165, 1.54) is 17.8 Å². The first kappa shape index (κ1) is 18.1. The summed E-state index contributed by atoms with van der Waals surface area (Å²) in [7, 11) is 0. The number of carboxylic acid groups (broad SMARTS) is 1. The van der Waals surface area contributed by atoms with Crippen molar-refractivity contribution in [3.8, 4) is 11.3 Å². The Balaban J connectivity index is 1.73. The van der Waals surface area contributed by atoms with Gasteiger partial charge in [0.15, 0.2) is 0 Å². The van der Waals surface area contributed by atoms with Gasteiger partial charge in [-0.2, -0.15) is 0 Å². The lowest BCUT2D eigenvalue weighted by Gasteiger charge is -2.23. The fraction of sp³-hybridized carbons (Fsp3) is 0.250. The molecule has 138 valence electrons. The van der Waals surface area contributed by atoms with E-state index in [1.54, 1.807) is 6.34 Å². The van der Waals surface area contributed by atoms with E-state index in [1.807, 2.05) is 36.4 Å². The van der Waals surface area contributed by atoms with Gasteiger partial charge in [0.25, 0.3) is 0 Å². The van der Waals surface area contributed by atoms with E-state index >= 15 is 0 Å². The molecule has 0 aliphatic carbocycles. The molecule has 1 aliphatic rings. The van der Waals surface area contributed by atoms with Crippen LogP contribution in [0.25, 0.3) is 21.5 Å². The number of nitrogens with zero attached hydrogens (tertiary/aromatic N) is 3. The fourth-order valence-electron chi connectivity index (χ4n) is 3.19. The first-order valence-electron chi connectivity index (χ1n) is 8.83. The van der Waals surface area contributed by atoms with E-state index in [-0.39, 0.29) is 4.88 Å². The summed E-state index contributed by atoms with van der Waals surface area (Å²) in [5, 5.41) is 10.4. The highest BCUT2D eigenvalue weighted by molar-refractivity contribution is 9.10. The molecule has 0 radical (unpaired) electrons. The van der Waals surface area contributed by atoms with Crippen LogP contribution in [0.2, 0.25) is 0 Å². The van der Waals surface area contributed by atoms with Gasteiger partial charge in [0, 0.05) is 28.5 Å². The molecule has 1 N–H and O–H groups in total. The lowest BCUT2D eigenvalue weighted by atomic mass is 10.1. The summed E-state index contributed by atoms with van der Waals surface area (Å²) in [6, 6.07) is 11.7. The van der Waals surface area contributed by atoms with Crippen molar-refractivity contribution >= 4 is 55.5 Å². The topological polar surface area (TPSA) is 65.8 Å². The number of halogens is 1. The second kappa shape index (κ2) is 7.78. The van der Waals surface area contributed by atoms with Gasteiger partial charge in [-0.25, -0.2) is 14.8 Å². The maximum Gasteiger partial charge on any atom is 0.348 e. The predicted octanol–water partition coefficient (Wildman–Crippen LogP) is 5.57. The molecular weight excluding hydrogens is 426 g/mol. The Morgan fingerprint density at radius 2 is 1.89 bits per heavy atom. The highest BCUT2D eigenvalue weighted by Gasteiger charge is 2.19. The monoisotopic (exact) mass is 443 g/mol. The van der Waals surface area contributed by atoms with Crippen LogP contribution in [-0.2, 0) is 0 Å². The number of hydrogen-bond acceptors (Lipinski definition) is 4. The summed E-state index contributed by atoms with van der Waals surface area (Å²) in [6.07, 6.45) is 5.34. The van der Waals surface area contributed by atoms with Gasteiger partial charge < -0.3 is 10.0 Å². The first-order chi connectivity index (χ1) is 13.1. The second-order valence-corrected chi connectivity index (χ2v) is 8.40. The lowest BCUT2D eigenvalue weighted by molar-refractivity contribution is 0.0703. The molecule has 0 bridgehead atoms. The quantitative estimate of drug-likeness (QED) is 0.422. The van der Waals surface area contributed by atoms with Gasteiger partial charge in [0.1, 0.15) is 9.71 Å². The highest BCUT2D eigenvalue weighted by Crippen LogP contribution is 2.38. The molecule has 4 rings (SSSR count). The molecule has 1 saturated heterocycles. The van der Waals surface area contributed by atoms with Crippen molar-refractivity contribution in [2.75, 3.05) is 13.1 Å². The van der Waals surface area contributed by atoms with Gasteiger partial charge in [0.05, 0.1) is 17.7 Å². The normalized spacial score (nSPS) is 14.9. The molecule has 0 spiro atoms. The minimum absolute atomic E-state index is 0.235. The van der Waals surface area contributed by atoms with Crippen molar-refractivity contribution in [3.63, 3.8) is 0 Å². The summed E-state index contributed by atoms with van der Waals surface area (Å²) in [5.74, 6) is -0.964. The molecule has 0 unspecified atom stereocenters. The van der Waals surface area contributed by atoms with Gasteiger partial charge >= 0.3 is 5.97 Å². The number of aromatic nitrogens is 1. The third-order valence-electron chi connectivity index (χ3n) is 4.60. The van der Waals surface area contributed by atoms with E-state index in [4.69, 9.17) is 0 Å². The minimum Gasteiger partial charge on any atom is -0.477 e. The highest BCUT2D eigenvalue weighted by atomic mass is 79.9. The number of thiophene rings is 1. The van der Waals surface area contributed by atoms with Crippen molar-refractivity contribution in [3.05, 3.63) is 45.7 Å². The van der Waals surface area contributed by atoms with Crippen molar-refractivity contribution in [2.45, 2.75) is 19.3 Å². The van der Waals surface area contributed by atoms with Gasteiger partial charge in [-0.15, -0.1) is 11.3 Å². The molecule has 2 aromatic heterocycles. The molecule has 1 aromatic carbocycles. The lowest BCUT2D eigenvalue weighted by Crippen LogP contribution is -2.28. The molecule has 0 atom stereocenters. The zero-order valence-electron chi connectivity index (χ0n) is 14.6. The summed E-state index contributed by atoms with van der Waals surface area (Å²) < 4.78 is 1.01. The SMILES string of the molecule is O=C(O)c1sc2nc(-c3ccc(Br)cc3)ccc2c1N=CN1CCCCC1. The maximum atomic E-state index is 11.7. The number of carbonyl (C=O) groups is 1. The van der Waals surface area contributed by atoms with Gasteiger partial charge in [-0.3, -0.25) is 0 Å². The van der Waals surface area contributed by atoms with Crippen LogP contribution in [0.4, 0.5) is 5.69 Å². The van der Waals surface area contributed by atoms with E-state index < -0.39 is 5.97 Å². The number of hydrogen-bond donors (Lipinski definition) is 1. The van der Waals surface area contributed by atoms with Crippen molar-refractivity contribution in [2.24, 2.45) is 4.99 Å². The summed E-state index contributed by atoms with van der Waals surface area (Å²) in [6.45, 7) is 1.94. The number of rotatable bonds is 4. The Labute approximate surface area is 169 Å². The third-order valence-corrected chi connectivity index (χ3v) is 6.21. The molecule has 1 aliphatic heterocycles. The molecule has 5 nitrogen and oxygen atoms in total. The standard InChI is InChI=1S/C20H18BrN3O2S/c21-14-6-4-13(5-7-14)16-9-8-15-17(18(20(25)26)27-19(15)23-16)22-12-24-10-2-1-3-11-24/h4-9,12H,1-3,10-11H2,(H,25,26). The van der Waals surface area contributed by atoms with Gasteiger partial charge in [-0.05, 0) is 43.5 Å². The maximum absolute atomic E-state index is 11.7. The molecule has 3 aromatic rings. The van der Waals surface area contributed by atoms with Crippen LogP contribution >= 0.6 is 27.3 Å². The van der Waals surface area contributed by atoms with Crippen molar-refractivity contribution in [1.82, 2.24) is 9.88 Å². The van der Waals surface area contributed by atoms with Crippen LogP contribution in [0.5, 0.6) is 0 Å². The van der Waals surface area contributed by atoms with E-state index in [2.05, 4.69) is 30.8 Å². The Morgan fingerprint density at radius 1 is 1.15 bits per heavy atom. The summed E-state index contributed by atoms with van der Waals surface area (Å²) in [4.78, 5) is 24.0. The van der Waals surface area contributed by atoms with Gasteiger partial charge in [-0.1, -0.05) is 28.1 Å². The van der Waals surface area contributed by atoms with Crippen molar-refractivity contribution < 1.29 is 9.90 Å². The first-order valence-corrected chi connectivity index (χ1v) is 10.4. The number of carboxylic acids is 1. The van der Waals surface area contributed by atoms with E-state index in [9.17, 15) is 9.90 Å². The Hall–Kier alpha value is -2.25. The van der Waals surface area contributed by atoms with Crippen molar-refractivity contribution in [1.29, 1.82) is 0 Å². The molecule has 7 heteroatoms.